The van der Waals surface area contributed by atoms with Crippen molar-refractivity contribution in [1.82, 2.24) is 4.98 Å². The monoisotopic (exact) mass is 362 g/mol. The summed E-state index contributed by atoms with van der Waals surface area (Å²) < 4.78 is 24.2. The van der Waals surface area contributed by atoms with Crippen molar-refractivity contribution >= 4 is 23.0 Å². The molecule has 2 aromatic rings. The molecule has 1 aromatic heterocycles. The highest BCUT2D eigenvalue weighted by molar-refractivity contribution is 6.32. The predicted octanol–water partition coefficient (Wildman–Crippen LogP) is 2.85. The van der Waals surface area contributed by atoms with Crippen molar-refractivity contribution in [2.24, 2.45) is 0 Å². The second-order valence-corrected chi connectivity index (χ2v) is 6.24. The van der Waals surface area contributed by atoms with Crippen molar-refractivity contribution in [3.8, 4) is 5.88 Å². The van der Waals surface area contributed by atoms with Crippen LogP contribution in [0.3, 0.4) is 0 Å². The van der Waals surface area contributed by atoms with Crippen molar-refractivity contribution in [1.29, 1.82) is 0 Å². The maximum Gasteiger partial charge on any atom is 0.226 e. The zero-order valence-electron chi connectivity index (χ0n) is 13.3. The minimum absolute atomic E-state index is 0.267. The Morgan fingerprint density at radius 3 is 2.68 bits per heavy atom. The third kappa shape index (κ3) is 3.20. The van der Waals surface area contributed by atoms with Gasteiger partial charge in [-0.25, -0.2) is 4.39 Å². The number of fused-ring (bicyclic) bond motifs is 1. The van der Waals surface area contributed by atoms with Crippen LogP contribution in [-0.4, -0.2) is 42.7 Å². The van der Waals surface area contributed by atoms with E-state index < -0.39 is 12.1 Å². The summed E-state index contributed by atoms with van der Waals surface area (Å²) >= 11 is 6.18. The van der Waals surface area contributed by atoms with Crippen LogP contribution in [0.15, 0.2) is 36.4 Å². The highest BCUT2D eigenvalue weighted by atomic mass is 35.5. The average molecular weight is 363 g/mol. The molecule has 1 aromatic carbocycles. The van der Waals surface area contributed by atoms with Crippen LogP contribution >= 0.6 is 11.6 Å². The summed E-state index contributed by atoms with van der Waals surface area (Å²) in [7, 11) is 0. The topological polar surface area (TPSA) is 54.8 Å². The van der Waals surface area contributed by atoms with Crippen LogP contribution in [0.4, 0.5) is 10.2 Å². The molecule has 1 fully saturated rings. The van der Waals surface area contributed by atoms with Gasteiger partial charge in [0.1, 0.15) is 11.6 Å². The molecule has 2 aliphatic heterocycles. The summed E-state index contributed by atoms with van der Waals surface area (Å²) in [6, 6.07) is 7.94. The van der Waals surface area contributed by atoms with Crippen molar-refractivity contribution < 1.29 is 19.0 Å². The van der Waals surface area contributed by atoms with Gasteiger partial charge in [-0.05, 0) is 42.0 Å². The number of aromatic nitrogens is 1. The molecule has 7 heteroatoms. The van der Waals surface area contributed by atoms with Crippen molar-refractivity contribution in [3.05, 3.63) is 58.4 Å². The molecule has 0 spiro atoms. The van der Waals surface area contributed by atoms with Crippen LogP contribution in [0.2, 0.25) is 5.02 Å². The maximum atomic E-state index is 13.3. The van der Waals surface area contributed by atoms with Gasteiger partial charge in [-0.1, -0.05) is 11.6 Å². The molecule has 1 unspecified atom stereocenters. The normalized spacial score (nSPS) is 19.9. The number of nitrogens with zero attached hydrogens (tertiary/aromatic N) is 2. The first-order chi connectivity index (χ1) is 12.1. The molecular weight excluding hydrogens is 347 g/mol. The molecule has 1 N–H and O–H groups in total. The van der Waals surface area contributed by atoms with E-state index in [1.807, 2.05) is 12.1 Å². The minimum atomic E-state index is -1.14. The molecule has 1 atom stereocenters. The third-order valence-corrected chi connectivity index (χ3v) is 4.55. The number of pyridine rings is 1. The Morgan fingerprint density at radius 1 is 1.16 bits per heavy atom. The van der Waals surface area contributed by atoms with Crippen LogP contribution in [0.1, 0.15) is 11.1 Å². The fourth-order valence-electron chi connectivity index (χ4n) is 3.02. The van der Waals surface area contributed by atoms with Crippen molar-refractivity contribution in [3.63, 3.8) is 0 Å². The van der Waals surface area contributed by atoms with E-state index in [1.165, 1.54) is 18.2 Å². The van der Waals surface area contributed by atoms with Gasteiger partial charge in [-0.3, -0.25) is 0 Å². The molecular formula is C18H16ClFN2O3. The largest absolute Gasteiger partial charge is 0.444 e. The van der Waals surface area contributed by atoms with E-state index in [1.54, 1.807) is 6.07 Å². The number of rotatable bonds is 2. The van der Waals surface area contributed by atoms with Gasteiger partial charge >= 0.3 is 0 Å². The maximum absolute atomic E-state index is 13.3. The number of hydrogen-bond acceptors (Lipinski definition) is 5. The van der Waals surface area contributed by atoms with Crippen LogP contribution in [0.25, 0.3) is 5.57 Å². The Labute approximate surface area is 149 Å². The number of morpholine rings is 1. The first-order valence-electron chi connectivity index (χ1n) is 7.98. The molecule has 0 bridgehead atoms. The van der Waals surface area contributed by atoms with Gasteiger partial charge in [0.25, 0.3) is 0 Å². The lowest BCUT2D eigenvalue weighted by Crippen LogP contribution is -2.37. The Balaban J connectivity index is 1.74. The Kier molecular flexibility index (Phi) is 4.33. The summed E-state index contributed by atoms with van der Waals surface area (Å²) in [5, 5.41) is 10.3. The lowest BCUT2D eigenvalue weighted by molar-refractivity contribution is 0.0189. The summed E-state index contributed by atoms with van der Waals surface area (Å²) in [5.74, 6) is 0.679. The summed E-state index contributed by atoms with van der Waals surface area (Å²) in [6.45, 7) is 2.80. The van der Waals surface area contributed by atoms with Crippen LogP contribution in [0, 0.1) is 5.82 Å². The first-order valence-corrected chi connectivity index (χ1v) is 8.36. The molecule has 25 heavy (non-hydrogen) atoms. The number of ether oxygens (including phenoxy) is 2. The van der Waals surface area contributed by atoms with Gasteiger partial charge in [-0.2, -0.15) is 4.98 Å². The molecule has 3 heterocycles. The Bertz CT molecular complexity index is 837. The van der Waals surface area contributed by atoms with Crippen LogP contribution in [-0.2, 0) is 4.74 Å². The van der Waals surface area contributed by atoms with Crippen molar-refractivity contribution in [2.45, 2.75) is 6.29 Å². The smallest absolute Gasteiger partial charge is 0.226 e. The molecule has 0 aliphatic carbocycles. The molecule has 0 radical (unpaired) electrons. The second kappa shape index (κ2) is 6.63. The van der Waals surface area contributed by atoms with Gasteiger partial charge < -0.3 is 19.5 Å². The SMILES string of the molecule is OC1C=C(c2ccc(F)cc2Cl)c2ccc(N3CCOCC3)nc2O1. The minimum Gasteiger partial charge on any atom is -0.444 e. The molecule has 1 saturated heterocycles. The van der Waals surface area contributed by atoms with E-state index in [9.17, 15) is 9.50 Å². The zero-order chi connectivity index (χ0) is 17.4. The van der Waals surface area contributed by atoms with Gasteiger partial charge in [-0.15, -0.1) is 0 Å². The van der Waals surface area contributed by atoms with Crippen molar-refractivity contribution in [2.75, 3.05) is 31.2 Å². The van der Waals surface area contributed by atoms with Gasteiger partial charge in [0.15, 0.2) is 0 Å². The predicted molar refractivity (Wildman–Crippen MR) is 92.4 cm³/mol. The van der Waals surface area contributed by atoms with Gasteiger partial charge in [0.2, 0.25) is 12.2 Å². The molecule has 5 nitrogen and oxygen atoms in total. The molecule has 2 aliphatic rings. The highest BCUT2D eigenvalue weighted by Crippen LogP contribution is 2.38. The summed E-state index contributed by atoms with van der Waals surface area (Å²) in [6.07, 6.45) is 0.397. The Morgan fingerprint density at radius 2 is 1.92 bits per heavy atom. The number of hydrogen-bond donors (Lipinski definition) is 1. The van der Waals surface area contributed by atoms with E-state index in [0.29, 0.717) is 35.8 Å². The molecule has 0 saturated carbocycles. The van der Waals surface area contributed by atoms with Crippen LogP contribution < -0.4 is 9.64 Å². The third-order valence-electron chi connectivity index (χ3n) is 4.23. The zero-order valence-corrected chi connectivity index (χ0v) is 14.0. The number of aliphatic hydroxyl groups excluding tert-OH is 1. The second-order valence-electron chi connectivity index (χ2n) is 5.83. The van der Waals surface area contributed by atoms with E-state index >= 15 is 0 Å². The number of benzene rings is 1. The van der Waals surface area contributed by atoms with Crippen LogP contribution in [0.5, 0.6) is 5.88 Å². The molecule has 0 amide bonds. The van der Waals surface area contributed by atoms with Gasteiger partial charge in [0, 0.05) is 24.2 Å². The number of aliphatic hydroxyl groups is 1. The average Bonchev–Trinajstić information content (AvgIpc) is 2.61. The lowest BCUT2D eigenvalue weighted by Gasteiger charge is -2.29. The Hall–Kier alpha value is -2.15. The highest BCUT2D eigenvalue weighted by Gasteiger charge is 2.24. The number of halogens is 2. The number of anilines is 1. The molecule has 130 valence electrons. The summed E-state index contributed by atoms with van der Waals surface area (Å²) in [5.41, 5.74) is 1.99. The fraction of sp³-hybridized carbons (Fsp3) is 0.278. The lowest BCUT2D eigenvalue weighted by atomic mass is 9.96. The van der Waals surface area contributed by atoms with E-state index in [-0.39, 0.29) is 5.02 Å². The first kappa shape index (κ1) is 16.3. The fourth-order valence-corrected chi connectivity index (χ4v) is 3.29. The quantitative estimate of drug-likeness (QED) is 0.890. The van der Waals surface area contributed by atoms with Gasteiger partial charge in [0.05, 0.1) is 18.2 Å². The van der Waals surface area contributed by atoms with E-state index in [2.05, 4.69) is 9.88 Å². The van der Waals surface area contributed by atoms with E-state index in [0.717, 1.165) is 18.9 Å². The standard InChI is InChI=1S/C18H16ClFN2O3/c19-15-9-11(20)1-2-12(15)14-10-17(23)25-18-13(14)3-4-16(21-18)22-5-7-24-8-6-22/h1-4,9-10,17,23H,5-8H2. The molecule has 4 rings (SSSR count). The van der Waals surface area contributed by atoms with E-state index in [4.69, 9.17) is 21.1 Å². The summed E-state index contributed by atoms with van der Waals surface area (Å²) in [4.78, 5) is 6.64.